The third-order valence-electron chi connectivity index (χ3n) is 4.96. The van der Waals surface area contributed by atoms with Crippen molar-refractivity contribution >= 4 is 11.8 Å². The predicted octanol–water partition coefficient (Wildman–Crippen LogP) is 3.09. The van der Waals surface area contributed by atoms with Crippen LogP contribution in [0.2, 0.25) is 0 Å². The van der Waals surface area contributed by atoms with Gasteiger partial charge in [-0.25, -0.2) is 0 Å². The molecule has 0 spiro atoms. The zero-order chi connectivity index (χ0) is 19.2. The maximum atomic E-state index is 12.2. The molecule has 0 saturated carbocycles. The summed E-state index contributed by atoms with van der Waals surface area (Å²) < 4.78 is 10.8. The smallest absolute Gasteiger partial charge is 0.289 e. The number of rotatable bonds is 6. The Kier molecular flexibility index (Phi) is 6.16. The van der Waals surface area contributed by atoms with Crippen molar-refractivity contribution in [1.29, 1.82) is 0 Å². The van der Waals surface area contributed by atoms with E-state index in [-0.39, 0.29) is 17.9 Å². The first kappa shape index (κ1) is 19.0. The number of amides is 2. The van der Waals surface area contributed by atoms with Crippen LogP contribution in [-0.2, 0) is 4.79 Å². The number of hydrogen-bond donors (Lipinski definition) is 1. The molecular formula is C21H26N2O4. The van der Waals surface area contributed by atoms with Crippen LogP contribution in [0.15, 0.2) is 41.0 Å². The van der Waals surface area contributed by atoms with Gasteiger partial charge in [0.2, 0.25) is 5.91 Å². The molecule has 3 rings (SSSR count). The van der Waals surface area contributed by atoms with Crippen molar-refractivity contribution in [3.05, 3.63) is 53.5 Å². The summed E-state index contributed by atoms with van der Waals surface area (Å²) in [5, 5.41) is 3.04. The second kappa shape index (κ2) is 8.75. The van der Waals surface area contributed by atoms with Crippen molar-refractivity contribution < 1.29 is 18.7 Å². The van der Waals surface area contributed by atoms with Crippen LogP contribution < -0.4 is 10.1 Å². The minimum atomic E-state index is -0.0911. The number of piperidine rings is 1. The number of hydrogen-bond acceptors (Lipinski definition) is 4. The molecule has 1 aliphatic heterocycles. The first-order valence-electron chi connectivity index (χ1n) is 9.35. The lowest BCUT2D eigenvalue weighted by Gasteiger charge is -2.31. The SMILES string of the molecule is Cc1ccc(OCCC(=O)NC2CCN(C(=O)c3ccco3)CC2)cc1C. The van der Waals surface area contributed by atoms with Gasteiger partial charge in [-0.05, 0) is 62.1 Å². The Morgan fingerprint density at radius 3 is 2.63 bits per heavy atom. The van der Waals surface area contributed by atoms with E-state index in [0.717, 1.165) is 18.6 Å². The molecule has 0 aliphatic carbocycles. The van der Waals surface area contributed by atoms with Gasteiger partial charge < -0.3 is 19.4 Å². The van der Waals surface area contributed by atoms with Gasteiger partial charge >= 0.3 is 0 Å². The average molecular weight is 370 g/mol. The topological polar surface area (TPSA) is 71.8 Å². The van der Waals surface area contributed by atoms with Crippen molar-refractivity contribution in [1.82, 2.24) is 10.2 Å². The van der Waals surface area contributed by atoms with E-state index < -0.39 is 0 Å². The summed E-state index contributed by atoms with van der Waals surface area (Å²) in [6.07, 6.45) is 3.31. The van der Waals surface area contributed by atoms with Gasteiger partial charge in [-0.15, -0.1) is 0 Å². The third kappa shape index (κ3) is 5.12. The van der Waals surface area contributed by atoms with Gasteiger partial charge in [0, 0.05) is 19.1 Å². The van der Waals surface area contributed by atoms with Crippen molar-refractivity contribution in [3.63, 3.8) is 0 Å². The molecule has 1 aromatic heterocycles. The van der Waals surface area contributed by atoms with E-state index in [9.17, 15) is 9.59 Å². The average Bonchev–Trinajstić information content (AvgIpc) is 3.19. The Hall–Kier alpha value is -2.76. The number of benzene rings is 1. The van der Waals surface area contributed by atoms with E-state index in [2.05, 4.69) is 12.2 Å². The van der Waals surface area contributed by atoms with Gasteiger partial charge in [-0.2, -0.15) is 0 Å². The molecule has 27 heavy (non-hydrogen) atoms. The number of nitrogens with one attached hydrogen (secondary N) is 1. The second-order valence-electron chi connectivity index (χ2n) is 6.96. The van der Waals surface area contributed by atoms with Crippen LogP contribution in [0.25, 0.3) is 0 Å². The van der Waals surface area contributed by atoms with E-state index in [1.165, 1.54) is 17.4 Å². The molecule has 1 aromatic carbocycles. The molecule has 0 radical (unpaired) electrons. The predicted molar refractivity (Wildman–Crippen MR) is 102 cm³/mol. The molecule has 0 atom stereocenters. The molecule has 6 nitrogen and oxygen atoms in total. The molecule has 0 unspecified atom stereocenters. The Morgan fingerprint density at radius 1 is 1.19 bits per heavy atom. The number of aryl methyl sites for hydroxylation is 2. The van der Waals surface area contributed by atoms with Crippen LogP contribution in [0, 0.1) is 13.8 Å². The van der Waals surface area contributed by atoms with Crippen molar-refractivity contribution in [2.24, 2.45) is 0 Å². The Morgan fingerprint density at radius 2 is 1.96 bits per heavy atom. The van der Waals surface area contributed by atoms with E-state index in [0.29, 0.717) is 31.9 Å². The fraction of sp³-hybridized carbons (Fsp3) is 0.429. The highest BCUT2D eigenvalue weighted by Gasteiger charge is 2.25. The number of nitrogens with zero attached hydrogens (tertiary/aromatic N) is 1. The van der Waals surface area contributed by atoms with Gasteiger partial charge in [0.1, 0.15) is 5.75 Å². The minimum absolute atomic E-state index is 0.0188. The van der Waals surface area contributed by atoms with Gasteiger partial charge in [0.05, 0.1) is 19.3 Å². The quantitative estimate of drug-likeness (QED) is 0.848. The molecular weight excluding hydrogens is 344 g/mol. The fourth-order valence-corrected chi connectivity index (χ4v) is 3.15. The van der Waals surface area contributed by atoms with E-state index in [1.807, 2.05) is 25.1 Å². The molecule has 2 aromatic rings. The standard InChI is InChI=1S/C21H26N2O4/c1-15-5-6-18(14-16(15)2)26-13-9-20(24)22-17-7-10-23(11-8-17)21(25)19-4-3-12-27-19/h3-6,12,14,17H,7-11,13H2,1-2H3,(H,22,24). The first-order valence-corrected chi connectivity index (χ1v) is 9.35. The lowest BCUT2D eigenvalue weighted by molar-refractivity contribution is -0.122. The second-order valence-corrected chi connectivity index (χ2v) is 6.96. The normalized spacial score (nSPS) is 14.8. The molecule has 6 heteroatoms. The van der Waals surface area contributed by atoms with Crippen molar-refractivity contribution in [2.45, 2.75) is 39.2 Å². The largest absolute Gasteiger partial charge is 0.493 e. The third-order valence-corrected chi connectivity index (χ3v) is 4.96. The number of ether oxygens (including phenoxy) is 1. The number of carbonyl (C=O) groups is 2. The van der Waals surface area contributed by atoms with Crippen LogP contribution in [0.1, 0.15) is 40.9 Å². The van der Waals surface area contributed by atoms with Gasteiger partial charge in [0.25, 0.3) is 5.91 Å². The van der Waals surface area contributed by atoms with Gasteiger partial charge in [-0.3, -0.25) is 9.59 Å². The summed E-state index contributed by atoms with van der Waals surface area (Å²) in [7, 11) is 0. The highest BCUT2D eigenvalue weighted by Crippen LogP contribution is 2.17. The fourth-order valence-electron chi connectivity index (χ4n) is 3.15. The van der Waals surface area contributed by atoms with Crippen molar-refractivity contribution in [2.75, 3.05) is 19.7 Å². The zero-order valence-electron chi connectivity index (χ0n) is 15.9. The lowest BCUT2D eigenvalue weighted by Crippen LogP contribution is -2.46. The summed E-state index contributed by atoms with van der Waals surface area (Å²) >= 11 is 0. The highest BCUT2D eigenvalue weighted by molar-refractivity contribution is 5.91. The first-order chi connectivity index (χ1) is 13.0. The van der Waals surface area contributed by atoms with E-state index >= 15 is 0 Å². The Labute approximate surface area is 159 Å². The molecule has 2 amide bonds. The molecule has 1 saturated heterocycles. The monoisotopic (exact) mass is 370 g/mol. The van der Waals surface area contributed by atoms with Crippen molar-refractivity contribution in [3.8, 4) is 5.75 Å². The highest BCUT2D eigenvalue weighted by atomic mass is 16.5. The molecule has 2 heterocycles. The van der Waals surface area contributed by atoms with Gasteiger partial charge in [-0.1, -0.05) is 6.07 Å². The van der Waals surface area contributed by atoms with Gasteiger partial charge in [0.15, 0.2) is 5.76 Å². The zero-order valence-corrected chi connectivity index (χ0v) is 15.9. The van der Waals surface area contributed by atoms with Crippen LogP contribution >= 0.6 is 0 Å². The Bertz CT molecular complexity index is 777. The Balaban J connectivity index is 1.36. The number of carbonyl (C=O) groups excluding carboxylic acids is 2. The summed E-state index contributed by atoms with van der Waals surface area (Å²) in [5.41, 5.74) is 2.39. The molecule has 0 bridgehead atoms. The van der Waals surface area contributed by atoms with Crippen LogP contribution in [0.4, 0.5) is 0 Å². The maximum absolute atomic E-state index is 12.2. The molecule has 1 N–H and O–H groups in total. The van der Waals surface area contributed by atoms with E-state index in [1.54, 1.807) is 17.0 Å². The summed E-state index contributed by atoms with van der Waals surface area (Å²) in [4.78, 5) is 26.1. The molecule has 1 fully saturated rings. The molecule has 144 valence electrons. The van der Waals surface area contributed by atoms with Crippen LogP contribution in [0.3, 0.4) is 0 Å². The van der Waals surface area contributed by atoms with Crippen LogP contribution in [-0.4, -0.2) is 42.5 Å². The summed E-state index contributed by atoms with van der Waals surface area (Å²) in [6, 6.07) is 9.40. The lowest BCUT2D eigenvalue weighted by atomic mass is 10.0. The maximum Gasteiger partial charge on any atom is 0.289 e. The van der Waals surface area contributed by atoms with E-state index in [4.69, 9.17) is 9.15 Å². The number of likely N-dealkylation sites (tertiary alicyclic amines) is 1. The summed E-state index contributed by atoms with van der Waals surface area (Å²) in [5.74, 6) is 1.04. The van der Waals surface area contributed by atoms with Crippen LogP contribution in [0.5, 0.6) is 5.75 Å². The molecule has 1 aliphatic rings. The minimum Gasteiger partial charge on any atom is -0.493 e. The number of furan rings is 1. The summed E-state index contributed by atoms with van der Waals surface area (Å²) in [6.45, 7) is 5.68.